The molecule has 0 aliphatic carbocycles. The van der Waals surface area contributed by atoms with Crippen LogP contribution in [0.5, 0.6) is 11.5 Å². The fourth-order valence-corrected chi connectivity index (χ4v) is 1.95. The van der Waals surface area contributed by atoms with Gasteiger partial charge < -0.3 is 19.9 Å². The third-order valence-electron chi connectivity index (χ3n) is 2.98. The number of aryl methyl sites for hydroxylation is 1. The number of ether oxygens (including phenoxy) is 2. The van der Waals surface area contributed by atoms with E-state index in [4.69, 9.17) is 14.6 Å². The predicted molar refractivity (Wildman–Crippen MR) is 77.7 cm³/mol. The van der Waals surface area contributed by atoms with Crippen LogP contribution in [0.25, 0.3) is 0 Å². The van der Waals surface area contributed by atoms with E-state index in [1.54, 1.807) is 27.2 Å². The molecule has 1 aromatic rings. The number of hydrogen-bond donors (Lipinski definition) is 2. The number of rotatable bonds is 8. The van der Waals surface area contributed by atoms with E-state index >= 15 is 0 Å². The molecule has 1 rings (SSSR count). The van der Waals surface area contributed by atoms with E-state index in [1.807, 2.05) is 12.1 Å². The quantitative estimate of drug-likeness (QED) is 0.761. The van der Waals surface area contributed by atoms with Crippen molar-refractivity contribution in [3.8, 4) is 11.5 Å². The van der Waals surface area contributed by atoms with E-state index < -0.39 is 5.97 Å². The van der Waals surface area contributed by atoms with E-state index in [0.29, 0.717) is 24.3 Å². The first-order chi connectivity index (χ1) is 9.96. The minimum absolute atomic E-state index is 0.0813. The van der Waals surface area contributed by atoms with Crippen molar-refractivity contribution in [2.45, 2.75) is 32.2 Å². The first-order valence-electron chi connectivity index (χ1n) is 6.68. The summed E-state index contributed by atoms with van der Waals surface area (Å²) in [5.41, 5.74) is 0.952. The van der Waals surface area contributed by atoms with Crippen molar-refractivity contribution in [3.05, 3.63) is 23.8 Å². The van der Waals surface area contributed by atoms with Gasteiger partial charge >= 0.3 is 5.97 Å². The standard InChI is InChI=1S/C15H21NO5/c1-10(8-15(18)19)16-14(17)7-5-11-4-6-12(20-2)13(9-11)21-3/h4,6,9-10H,5,7-8H2,1-3H3,(H,16,17)(H,18,19). The number of carbonyl (C=O) groups is 2. The molecule has 0 aliphatic rings. The zero-order valence-electron chi connectivity index (χ0n) is 12.5. The molecule has 0 bridgehead atoms. The summed E-state index contributed by atoms with van der Waals surface area (Å²) in [6, 6.07) is 5.11. The van der Waals surface area contributed by atoms with Crippen LogP contribution in [-0.4, -0.2) is 37.2 Å². The lowest BCUT2D eigenvalue weighted by Crippen LogP contribution is -2.34. The number of methoxy groups -OCH3 is 2. The number of amides is 1. The average Bonchev–Trinajstić information content (AvgIpc) is 2.43. The van der Waals surface area contributed by atoms with Gasteiger partial charge in [-0.25, -0.2) is 0 Å². The number of carboxylic acids is 1. The maximum absolute atomic E-state index is 11.7. The van der Waals surface area contributed by atoms with Crippen LogP contribution in [0.4, 0.5) is 0 Å². The predicted octanol–water partition coefficient (Wildman–Crippen LogP) is 1.62. The van der Waals surface area contributed by atoms with Crippen molar-refractivity contribution in [3.63, 3.8) is 0 Å². The van der Waals surface area contributed by atoms with Gasteiger partial charge in [-0.2, -0.15) is 0 Å². The maximum Gasteiger partial charge on any atom is 0.305 e. The Kier molecular flexibility index (Phi) is 6.52. The Morgan fingerprint density at radius 2 is 1.90 bits per heavy atom. The van der Waals surface area contributed by atoms with Crippen molar-refractivity contribution in [2.24, 2.45) is 0 Å². The molecule has 0 spiro atoms. The molecule has 0 heterocycles. The van der Waals surface area contributed by atoms with Gasteiger partial charge in [0.05, 0.1) is 20.6 Å². The minimum atomic E-state index is -0.928. The molecule has 1 amide bonds. The minimum Gasteiger partial charge on any atom is -0.493 e. The van der Waals surface area contributed by atoms with Gasteiger partial charge in [0.2, 0.25) is 5.91 Å². The first-order valence-corrected chi connectivity index (χ1v) is 6.68. The Balaban J connectivity index is 2.51. The third kappa shape index (κ3) is 5.72. The van der Waals surface area contributed by atoms with Crippen molar-refractivity contribution < 1.29 is 24.2 Å². The fraction of sp³-hybridized carbons (Fsp3) is 0.467. The molecule has 0 radical (unpaired) electrons. The van der Waals surface area contributed by atoms with Gasteiger partial charge in [0.25, 0.3) is 0 Å². The summed E-state index contributed by atoms with van der Waals surface area (Å²) in [5, 5.41) is 11.3. The van der Waals surface area contributed by atoms with Crippen molar-refractivity contribution >= 4 is 11.9 Å². The highest BCUT2D eigenvalue weighted by atomic mass is 16.5. The van der Waals surface area contributed by atoms with Gasteiger partial charge in [0, 0.05) is 12.5 Å². The molecular weight excluding hydrogens is 274 g/mol. The summed E-state index contributed by atoms with van der Waals surface area (Å²) in [5.74, 6) is 0.164. The number of benzene rings is 1. The molecule has 1 unspecified atom stereocenters. The second-order valence-electron chi connectivity index (χ2n) is 4.76. The van der Waals surface area contributed by atoms with Crippen molar-refractivity contribution in [1.29, 1.82) is 0 Å². The Morgan fingerprint density at radius 3 is 2.48 bits per heavy atom. The molecule has 0 aromatic heterocycles. The number of carbonyl (C=O) groups excluding carboxylic acids is 1. The lowest BCUT2D eigenvalue weighted by atomic mass is 10.1. The summed E-state index contributed by atoms with van der Waals surface area (Å²) in [7, 11) is 3.12. The van der Waals surface area contributed by atoms with Gasteiger partial charge in [-0.15, -0.1) is 0 Å². The van der Waals surface area contributed by atoms with Gasteiger partial charge in [-0.1, -0.05) is 6.07 Å². The van der Waals surface area contributed by atoms with Crippen molar-refractivity contribution in [1.82, 2.24) is 5.32 Å². The number of aliphatic carboxylic acids is 1. The van der Waals surface area contributed by atoms with E-state index in [1.165, 1.54) is 0 Å². The first kappa shape index (κ1) is 16.8. The normalized spacial score (nSPS) is 11.6. The Morgan fingerprint density at radius 1 is 1.24 bits per heavy atom. The highest BCUT2D eigenvalue weighted by molar-refractivity contribution is 5.77. The molecule has 6 nitrogen and oxygen atoms in total. The molecule has 21 heavy (non-hydrogen) atoms. The van der Waals surface area contributed by atoms with E-state index in [-0.39, 0.29) is 18.4 Å². The molecule has 116 valence electrons. The molecule has 1 aromatic carbocycles. The van der Waals surface area contributed by atoms with Crippen LogP contribution in [-0.2, 0) is 16.0 Å². The third-order valence-corrected chi connectivity index (χ3v) is 2.98. The lowest BCUT2D eigenvalue weighted by Gasteiger charge is -2.12. The molecule has 2 N–H and O–H groups in total. The number of nitrogens with one attached hydrogen (secondary N) is 1. The topological polar surface area (TPSA) is 84.9 Å². The lowest BCUT2D eigenvalue weighted by molar-refractivity contribution is -0.137. The fourth-order valence-electron chi connectivity index (χ4n) is 1.95. The second-order valence-corrected chi connectivity index (χ2v) is 4.76. The zero-order chi connectivity index (χ0) is 15.8. The van der Waals surface area contributed by atoms with E-state index in [0.717, 1.165) is 5.56 Å². The van der Waals surface area contributed by atoms with Crippen molar-refractivity contribution in [2.75, 3.05) is 14.2 Å². The van der Waals surface area contributed by atoms with Crippen LogP contribution in [0, 0.1) is 0 Å². The highest BCUT2D eigenvalue weighted by Crippen LogP contribution is 2.27. The molecule has 1 atom stereocenters. The van der Waals surface area contributed by atoms with Gasteiger partial charge in [-0.05, 0) is 31.0 Å². The highest BCUT2D eigenvalue weighted by Gasteiger charge is 2.11. The largest absolute Gasteiger partial charge is 0.493 e. The molecule has 6 heteroatoms. The Bertz CT molecular complexity index is 501. The summed E-state index contributed by atoms with van der Waals surface area (Å²) in [4.78, 5) is 22.3. The summed E-state index contributed by atoms with van der Waals surface area (Å²) >= 11 is 0. The SMILES string of the molecule is COc1ccc(CCC(=O)NC(C)CC(=O)O)cc1OC. The van der Waals surface area contributed by atoms with Gasteiger partial charge in [0.1, 0.15) is 0 Å². The number of hydrogen-bond acceptors (Lipinski definition) is 4. The molecular formula is C15H21NO5. The smallest absolute Gasteiger partial charge is 0.305 e. The monoisotopic (exact) mass is 295 g/mol. The van der Waals surface area contributed by atoms with Gasteiger partial charge in [-0.3, -0.25) is 9.59 Å². The van der Waals surface area contributed by atoms with Crippen LogP contribution in [0.1, 0.15) is 25.3 Å². The Labute approximate surface area is 124 Å². The van der Waals surface area contributed by atoms with Crippen LogP contribution >= 0.6 is 0 Å². The summed E-state index contributed by atoms with van der Waals surface area (Å²) < 4.78 is 10.3. The van der Waals surface area contributed by atoms with Crippen LogP contribution in [0.3, 0.4) is 0 Å². The van der Waals surface area contributed by atoms with E-state index in [2.05, 4.69) is 5.32 Å². The second kappa shape index (κ2) is 8.14. The van der Waals surface area contributed by atoms with Crippen LogP contribution < -0.4 is 14.8 Å². The van der Waals surface area contributed by atoms with Gasteiger partial charge in [0.15, 0.2) is 11.5 Å². The molecule has 0 aliphatic heterocycles. The maximum atomic E-state index is 11.7. The average molecular weight is 295 g/mol. The molecule has 0 fully saturated rings. The van der Waals surface area contributed by atoms with Crippen LogP contribution in [0.2, 0.25) is 0 Å². The van der Waals surface area contributed by atoms with Crippen LogP contribution in [0.15, 0.2) is 18.2 Å². The molecule has 0 saturated carbocycles. The zero-order valence-corrected chi connectivity index (χ0v) is 12.5. The molecule has 0 saturated heterocycles. The van der Waals surface area contributed by atoms with E-state index in [9.17, 15) is 9.59 Å². The summed E-state index contributed by atoms with van der Waals surface area (Å²) in [6.45, 7) is 1.67. The Hall–Kier alpha value is -2.24. The summed E-state index contributed by atoms with van der Waals surface area (Å²) in [6.07, 6.45) is 0.757. The number of carboxylic acid groups (broad SMARTS) is 1.